The van der Waals surface area contributed by atoms with Gasteiger partial charge in [0.2, 0.25) is 0 Å². The van der Waals surface area contributed by atoms with Crippen molar-refractivity contribution < 1.29 is 14.8 Å². The Balaban J connectivity index is 2.28. The summed E-state index contributed by atoms with van der Waals surface area (Å²) >= 11 is 5.56. The number of rotatable bonds is 5. The molecule has 0 fully saturated rings. The lowest BCUT2D eigenvalue weighted by Crippen LogP contribution is -1.99. The quantitative estimate of drug-likeness (QED) is 0.632. The number of carboxylic acid groups (broad SMARTS) is 1. The molecule has 0 aliphatic carbocycles. The third-order valence-electron chi connectivity index (χ3n) is 2.08. The van der Waals surface area contributed by atoms with Gasteiger partial charge < -0.3 is 5.11 Å². The second-order valence-corrected chi connectivity index (χ2v) is 6.47. The second-order valence-electron chi connectivity index (χ2n) is 3.50. The maximum atomic E-state index is 11.0. The van der Waals surface area contributed by atoms with Crippen LogP contribution in [0.25, 0.3) is 0 Å². The van der Waals surface area contributed by atoms with E-state index >= 15 is 0 Å². The maximum Gasteiger partial charge on any atom is 0.309 e. The standard InChI is InChI=1S/C10H6BrN3O4S2/c11-6-2-12-3-7(14(17)18)9(6)20-10-13-5(4-19-10)1-8(15)16/h2-4H,1H2,(H,15,16). The van der Waals surface area contributed by atoms with E-state index in [1.807, 2.05) is 0 Å². The summed E-state index contributed by atoms with van der Waals surface area (Å²) in [6.45, 7) is 0. The Bertz CT molecular complexity index is 676. The van der Waals surface area contributed by atoms with E-state index in [1.165, 1.54) is 23.7 Å². The minimum Gasteiger partial charge on any atom is -0.481 e. The predicted molar refractivity (Wildman–Crippen MR) is 76.2 cm³/mol. The molecule has 104 valence electrons. The SMILES string of the molecule is O=C(O)Cc1csc(Sc2c(Br)cncc2[N+](=O)[O-])n1. The predicted octanol–water partition coefficient (Wildman–Crippen LogP) is 2.99. The summed E-state index contributed by atoms with van der Waals surface area (Å²) in [5.41, 5.74) is 0.303. The lowest BCUT2D eigenvalue weighted by molar-refractivity contribution is -0.388. The number of halogens is 1. The van der Waals surface area contributed by atoms with Crippen LogP contribution in [0.15, 0.2) is 31.5 Å². The largest absolute Gasteiger partial charge is 0.481 e. The number of pyridine rings is 1. The Morgan fingerprint density at radius 2 is 2.30 bits per heavy atom. The summed E-state index contributed by atoms with van der Waals surface area (Å²) in [7, 11) is 0. The van der Waals surface area contributed by atoms with E-state index in [4.69, 9.17) is 5.11 Å². The molecule has 0 aromatic carbocycles. The Morgan fingerprint density at radius 1 is 1.55 bits per heavy atom. The smallest absolute Gasteiger partial charge is 0.309 e. The first-order valence-electron chi connectivity index (χ1n) is 5.09. The Hall–Kier alpha value is -1.52. The van der Waals surface area contributed by atoms with Crippen LogP contribution in [0, 0.1) is 10.1 Å². The molecular formula is C10H6BrN3O4S2. The highest BCUT2D eigenvalue weighted by Crippen LogP contribution is 2.40. The molecule has 7 nitrogen and oxygen atoms in total. The zero-order chi connectivity index (χ0) is 14.7. The van der Waals surface area contributed by atoms with Crippen molar-refractivity contribution in [1.29, 1.82) is 0 Å². The van der Waals surface area contributed by atoms with Crippen molar-refractivity contribution >= 4 is 50.7 Å². The van der Waals surface area contributed by atoms with Crippen LogP contribution in [0.2, 0.25) is 0 Å². The van der Waals surface area contributed by atoms with E-state index in [-0.39, 0.29) is 12.1 Å². The second kappa shape index (κ2) is 6.29. The third kappa shape index (κ3) is 3.52. The van der Waals surface area contributed by atoms with Crippen molar-refractivity contribution in [3.8, 4) is 0 Å². The van der Waals surface area contributed by atoms with Gasteiger partial charge in [-0.15, -0.1) is 11.3 Å². The number of aromatic nitrogens is 2. The molecule has 20 heavy (non-hydrogen) atoms. The van der Waals surface area contributed by atoms with Crippen LogP contribution in [-0.2, 0) is 11.2 Å². The van der Waals surface area contributed by atoms with Crippen molar-refractivity contribution in [1.82, 2.24) is 9.97 Å². The highest BCUT2D eigenvalue weighted by Gasteiger charge is 2.20. The van der Waals surface area contributed by atoms with Crippen LogP contribution in [0.4, 0.5) is 5.69 Å². The van der Waals surface area contributed by atoms with E-state index in [2.05, 4.69) is 25.9 Å². The van der Waals surface area contributed by atoms with Crippen LogP contribution in [0.3, 0.4) is 0 Å². The fourth-order valence-electron chi connectivity index (χ4n) is 1.30. The lowest BCUT2D eigenvalue weighted by atomic mass is 10.3. The number of hydrogen-bond donors (Lipinski definition) is 1. The molecule has 0 aliphatic heterocycles. The Morgan fingerprint density at radius 3 is 2.95 bits per heavy atom. The molecule has 1 N–H and O–H groups in total. The molecule has 0 aliphatic rings. The fraction of sp³-hybridized carbons (Fsp3) is 0.100. The van der Waals surface area contributed by atoms with Crippen LogP contribution < -0.4 is 0 Å². The van der Waals surface area contributed by atoms with Gasteiger partial charge in [0.05, 0.1) is 21.5 Å². The van der Waals surface area contributed by atoms with Crippen molar-refractivity contribution in [3.05, 3.63) is 38.1 Å². The summed E-state index contributed by atoms with van der Waals surface area (Å²) in [5.74, 6) is -0.970. The summed E-state index contributed by atoms with van der Waals surface area (Å²) in [5, 5.41) is 21.3. The van der Waals surface area contributed by atoms with Gasteiger partial charge in [-0.2, -0.15) is 0 Å². The van der Waals surface area contributed by atoms with Gasteiger partial charge in [0.15, 0.2) is 4.34 Å². The van der Waals surface area contributed by atoms with Gasteiger partial charge in [-0.25, -0.2) is 4.98 Å². The van der Waals surface area contributed by atoms with Crippen LogP contribution in [0.1, 0.15) is 5.69 Å². The van der Waals surface area contributed by atoms with E-state index in [9.17, 15) is 14.9 Å². The van der Waals surface area contributed by atoms with E-state index in [0.717, 1.165) is 11.8 Å². The highest BCUT2D eigenvalue weighted by atomic mass is 79.9. The zero-order valence-electron chi connectivity index (χ0n) is 9.65. The summed E-state index contributed by atoms with van der Waals surface area (Å²) < 4.78 is 1.03. The molecule has 0 radical (unpaired) electrons. The first-order chi connectivity index (χ1) is 9.47. The summed E-state index contributed by atoms with van der Waals surface area (Å²) in [6, 6.07) is 0. The van der Waals surface area contributed by atoms with Gasteiger partial charge in [0.25, 0.3) is 0 Å². The third-order valence-corrected chi connectivity index (χ3v) is 5.07. The molecule has 2 heterocycles. The maximum absolute atomic E-state index is 11.0. The van der Waals surface area contributed by atoms with E-state index < -0.39 is 10.9 Å². The average Bonchev–Trinajstić information content (AvgIpc) is 2.78. The number of carbonyl (C=O) groups is 1. The van der Waals surface area contributed by atoms with Crippen molar-refractivity contribution in [3.63, 3.8) is 0 Å². The van der Waals surface area contributed by atoms with Gasteiger partial charge in [-0.05, 0) is 15.9 Å². The van der Waals surface area contributed by atoms with Gasteiger partial charge in [-0.1, -0.05) is 11.8 Å². The van der Waals surface area contributed by atoms with Crippen molar-refractivity contribution in [2.45, 2.75) is 15.7 Å². The topological polar surface area (TPSA) is 106 Å². The number of nitro groups is 1. The molecule has 0 unspecified atom stereocenters. The molecule has 2 aromatic heterocycles. The highest BCUT2D eigenvalue weighted by molar-refractivity contribution is 9.10. The van der Waals surface area contributed by atoms with Crippen LogP contribution in [0.5, 0.6) is 0 Å². The fourth-order valence-corrected chi connectivity index (χ4v) is 3.72. The molecule has 2 aromatic rings. The van der Waals surface area contributed by atoms with Gasteiger partial charge >= 0.3 is 11.7 Å². The molecule has 0 saturated carbocycles. The molecule has 0 spiro atoms. The number of nitrogens with zero attached hydrogens (tertiary/aromatic N) is 3. The normalized spacial score (nSPS) is 10.4. The molecule has 0 amide bonds. The first-order valence-corrected chi connectivity index (χ1v) is 7.58. The molecule has 10 heteroatoms. The minimum absolute atomic E-state index is 0.126. The molecule has 0 bridgehead atoms. The van der Waals surface area contributed by atoms with Gasteiger partial charge in [0.1, 0.15) is 11.1 Å². The molecule has 0 saturated heterocycles. The average molecular weight is 376 g/mol. The molecule has 2 rings (SSSR count). The number of aliphatic carboxylic acids is 1. The monoisotopic (exact) mass is 375 g/mol. The number of carboxylic acids is 1. The van der Waals surface area contributed by atoms with Crippen LogP contribution in [-0.4, -0.2) is 26.0 Å². The van der Waals surface area contributed by atoms with Crippen molar-refractivity contribution in [2.24, 2.45) is 0 Å². The van der Waals surface area contributed by atoms with Gasteiger partial charge in [0, 0.05) is 11.6 Å². The van der Waals surface area contributed by atoms with Crippen LogP contribution >= 0.6 is 39.0 Å². The molecular weight excluding hydrogens is 370 g/mol. The summed E-state index contributed by atoms with van der Waals surface area (Å²) in [6.07, 6.45) is 2.45. The molecule has 0 atom stereocenters. The zero-order valence-corrected chi connectivity index (χ0v) is 12.9. The first kappa shape index (κ1) is 14.9. The van der Waals surface area contributed by atoms with Gasteiger partial charge in [-0.3, -0.25) is 19.9 Å². The van der Waals surface area contributed by atoms with E-state index in [0.29, 0.717) is 19.4 Å². The lowest BCUT2D eigenvalue weighted by Gasteiger charge is -2.01. The Labute approximate surface area is 129 Å². The Kier molecular flexibility index (Phi) is 4.68. The van der Waals surface area contributed by atoms with E-state index in [1.54, 1.807) is 5.38 Å². The minimum atomic E-state index is -0.970. The number of hydrogen-bond acceptors (Lipinski definition) is 7. The van der Waals surface area contributed by atoms with Crippen molar-refractivity contribution in [2.75, 3.05) is 0 Å². The number of thiazole rings is 1. The summed E-state index contributed by atoms with van der Waals surface area (Å²) in [4.78, 5) is 29.3.